The number of nitrogens with one attached hydrogen (secondary N) is 1. The van der Waals surface area contributed by atoms with Gasteiger partial charge in [-0.05, 0) is 18.2 Å². The molecule has 0 radical (unpaired) electrons. The fourth-order valence-electron chi connectivity index (χ4n) is 1.99. The lowest BCUT2D eigenvalue weighted by Crippen LogP contribution is -2.30. The first-order chi connectivity index (χ1) is 8.61. The molecule has 0 spiro atoms. The van der Waals surface area contributed by atoms with Gasteiger partial charge in [0.2, 0.25) is 5.91 Å². The van der Waals surface area contributed by atoms with Crippen LogP contribution in [0.15, 0.2) is 18.2 Å². The van der Waals surface area contributed by atoms with E-state index in [0.717, 1.165) is 0 Å². The number of nitrogens with zero attached hydrogens (tertiary/aromatic N) is 1. The van der Waals surface area contributed by atoms with Crippen LogP contribution in [0.5, 0.6) is 0 Å². The van der Waals surface area contributed by atoms with E-state index < -0.39 is 5.97 Å². The predicted molar refractivity (Wildman–Crippen MR) is 67.9 cm³/mol. The number of carbonyl (C=O) groups excluding carboxylic acids is 1. The normalized spacial score (nSPS) is 14.7. The maximum atomic E-state index is 11.5. The summed E-state index contributed by atoms with van der Waals surface area (Å²) < 4.78 is 0. The Labute approximate surface area is 104 Å². The zero-order valence-electron chi connectivity index (χ0n) is 9.85. The summed E-state index contributed by atoms with van der Waals surface area (Å²) in [7, 11) is 0. The third-order valence-corrected chi connectivity index (χ3v) is 2.87. The Kier molecular flexibility index (Phi) is 3.47. The Morgan fingerprint density at radius 3 is 2.94 bits per heavy atom. The zero-order valence-corrected chi connectivity index (χ0v) is 9.85. The van der Waals surface area contributed by atoms with E-state index in [-0.39, 0.29) is 11.5 Å². The number of hydrogen-bond acceptors (Lipinski definition) is 4. The molecule has 1 aliphatic rings. The van der Waals surface area contributed by atoms with Crippen LogP contribution in [0.1, 0.15) is 16.8 Å². The number of hydrogen-bond donors (Lipinski definition) is 3. The molecule has 1 aromatic carbocycles. The Bertz CT molecular complexity index is 487. The summed E-state index contributed by atoms with van der Waals surface area (Å²) in [5, 5.41) is 11.8. The van der Waals surface area contributed by atoms with Gasteiger partial charge in [-0.2, -0.15) is 0 Å². The molecule has 1 aromatic rings. The molecule has 1 aliphatic heterocycles. The van der Waals surface area contributed by atoms with E-state index in [1.807, 2.05) is 4.90 Å². The van der Waals surface area contributed by atoms with Crippen molar-refractivity contribution >= 4 is 23.3 Å². The number of anilines is 2. The van der Waals surface area contributed by atoms with Crippen LogP contribution >= 0.6 is 0 Å². The molecule has 6 heteroatoms. The minimum absolute atomic E-state index is 0.0705. The summed E-state index contributed by atoms with van der Waals surface area (Å²) >= 11 is 0. The molecule has 0 aliphatic carbocycles. The van der Waals surface area contributed by atoms with E-state index in [4.69, 9.17) is 10.8 Å². The van der Waals surface area contributed by atoms with Gasteiger partial charge in [0.1, 0.15) is 0 Å². The fourth-order valence-corrected chi connectivity index (χ4v) is 1.99. The van der Waals surface area contributed by atoms with Gasteiger partial charge in [-0.15, -0.1) is 0 Å². The van der Waals surface area contributed by atoms with Gasteiger partial charge in [-0.1, -0.05) is 0 Å². The molecule has 18 heavy (non-hydrogen) atoms. The number of carbonyl (C=O) groups is 2. The molecule has 1 amide bonds. The molecule has 0 atom stereocenters. The van der Waals surface area contributed by atoms with E-state index in [1.54, 1.807) is 12.1 Å². The van der Waals surface area contributed by atoms with Gasteiger partial charge in [-0.3, -0.25) is 4.79 Å². The van der Waals surface area contributed by atoms with E-state index in [0.29, 0.717) is 37.4 Å². The average molecular weight is 249 g/mol. The van der Waals surface area contributed by atoms with Gasteiger partial charge in [0, 0.05) is 26.1 Å². The van der Waals surface area contributed by atoms with Gasteiger partial charge in [0.15, 0.2) is 0 Å². The van der Waals surface area contributed by atoms with Gasteiger partial charge in [0.25, 0.3) is 0 Å². The molecule has 0 fully saturated rings. The fraction of sp³-hybridized carbons (Fsp3) is 0.333. The van der Waals surface area contributed by atoms with Crippen LogP contribution in [0.25, 0.3) is 0 Å². The standard InChI is InChI=1S/C12H15N3O3/c13-4-6-15-5-3-11(16)14-9-2-1-8(12(17)18)7-10(9)15/h1-2,7H,3-6,13H2,(H,14,16)(H,17,18). The maximum absolute atomic E-state index is 11.5. The maximum Gasteiger partial charge on any atom is 0.335 e. The molecule has 96 valence electrons. The van der Waals surface area contributed by atoms with Crippen LogP contribution in [0, 0.1) is 0 Å². The molecule has 0 unspecified atom stereocenters. The molecular weight excluding hydrogens is 234 g/mol. The average Bonchev–Trinajstić information content (AvgIpc) is 2.49. The number of fused-ring (bicyclic) bond motifs is 1. The lowest BCUT2D eigenvalue weighted by Gasteiger charge is -2.23. The van der Waals surface area contributed by atoms with Crippen molar-refractivity contribution in [2.45, 2.75) is 6.42 Å². The number of aromatic carboxylic acids is 1. The highest BCUT2D eigenvalue weighted by Gasteiger charge is 2.19. The summed E-state index contributed by atoms with van der Waals surface area (Å²) in [4.78, 5) is 24.4. The number of amides is 1. The highest BCUT2D eigenvalue weighted by molar-refractivity contribution is 5.98. The van der Waals surface area contributed by atoms with Crippen molar-refractivity contribution in [2.24, 2.45) is 5.73 Å². The van der Waals surface area contributed by atoms with Crippen molar-refractivity contribution in [1.82, 2.24) is 0 Å². The molecule has 2 rings (SSSR count). The van der Waals surface area contributed by atoms with Gasteiger partial charge < -0.3 is 21.1 Å². The largest absolute Gasteiger partial charge is 0.478 e. The molecular formula is C12H15N3O3. The first kappa shape index (κ1) is 12.4. The van der Waals surface area contributed by atoms with E-state index in [1.165, 1.54) is 6.07 Å². The molecule has 0 aromatic heterocycles. The van der Waals surface area contributed by atoms with E-state index in [9.17, 15) is 9.59 Å². The Balaban J connectivity index is 2.43. The number of carboxylic acids is 1. The summed E-state index contributed by atoms with van der Waals surface area (Å²) in [6.45, 7) is 1.58. The van der Waals surface area contributed by atoms with Crippen molar-refractivity contribution in [3.63, 3.8) is 0 Å². The van der Waals surface area contributed by atoms with Crippen LogP contribution in [0.2, 0.25) is 0 Å². The van der Waals surface area contributed by atoms with Gasteiger partial charge in [-0.25, -0.2) is 4.79 Å². The zero-order chi connectivity index (χ0) is 13.1. The van der Waals surface area contributed by atoms with E-state index in [2.05, 4.69) is 5.32 Å². The summed E-state index contributed by atoms with van der Waals surface area (Å²) in [6.07, 6.45) is 0.372. The Hall–Kier alpha value is -2.08. The van der Waals surface area contributed by atoms with Crippen molar-refractivity contribution in [3.05, 3.63) is 23.8 Å². The number of rotatable bonds is 3. The number of carboxylic acid groups (broad SMARTS) is 1. The summed E-state index contributed by atoms with van der Waals surface area (Å²) in [5.41, 5.74) is 7.09. The minimum Gasteiger partial charge on any atom is -0.478 e. The first-order valence-corrected chi connectivity index (χ1v) is 5.74. The number of nitrogens with two attached hydrogens (primary N) is 1. The van der Waals surface area contributed by atoms with Crippen molar-refractivity contribution in [2.75, 3.05) is 29.9 Å². The highest BCUT2D eigenvalue weighted by atomic mass is 16.4. The summed E-state index contributed by atoms with van der Waals surface area (Å²) in [6, 6.07) is 4.66. The smallest absolute Gasteiger partial charge is 0.335 e. The van der Waals surface area contributed by atoms with Gasteiger partial charge >= 0.3 is 5.97 Å². The van der Waals surface area contributed by atoms with Crippen LogP contribution in [-0.2, 0) is 4.79 Å². The van der Waals surface area contributed by atoms with Crippen molar-refractivity contribution in [1.29, 1.82) is 0 Å². The molecule has 0 saturated carbocycles. The monoisotopic (exact) mass is 249 g/mol. The summed E-state index contributed by atoms with van der Waals surface area (Å²) in [5.74, 6) is -1.06. The molecule has 0 saturated heterocycles. The molecule has 1 heterocycles. The third-order valence-electron chi connectivity index (χ3n) is 2.87. The van der Waals surface area contributed by atoms with Crippen LogP contribution in [-0.4, -0.2) is 36.6 Å². The molecule has 0 bridgehead atoms. The Morgan fingerprint density at radius 2 is 2.28 bits per heavy atom. The van der Waals surface area contributed by atoms with Gasteiger partial charge in [0.05, 0.1) is 16.9 Å². The second kappa shape index (κ2) is 5.05. The van der Waals surface area contributed by atoms with Crippen molar-refractivity contribution < 1.29 is 14.7 Å². The highest BCUT2D eigenvalue weighted by Crippen LogP contribution is 2.29. The second-order valence-electron chi connectivity index (χ2n) is 4.11. The van der Waals surface area contributed by atoms with E-state index >= 15 is 0 Å². The molecule has 4 N–H and O–H groups in total. The van der Waals surface area contributed by atoms with Crippen LogP contribution in [0.4, 0.5) is 11.4 Å². The molecule has 6 nitrogen and oxygen atoms in total. The third kappa shape index (κ3) is 2.43. The predicted octanol–water partition coefficient (Wildman–Crippen LogP) is 0.492. The van der Waals surface area contributed by atoms with Crippen LogP contribution < -0.4 is 16.0 Å². The minimum atomic E-state index is -0.985. The van der Waals surface area contributed by atoms with Crippen LogP contribution in [0.3, 0.4) is 0 Å². The SMILES string of the molecule is NCCN1CCC(=O)Nc2ccc(C(=O)O)cc21. The number of benzene rings is 1. The topological polar surface area (TPSA) is 95.7 Å². The lowest BCUT2D eigenvalue weighted by atomic mass is 10.1. The lowest BCUT2D eigenvalue weighted by molar-refractivity contribution is -0.115. The van der Waals surface area contributed by atoms with Crippen molar-refractivity contribution in [3.8, 4) is 0 Å². The second-order valence-corrected chi connectivity index (χ2v) is 4.11. The first-order valence-electron chi connectivity index (χ1n) is 5.74. The Morgan fingerprint density at radius 1 is 1.50 bits per heavy atom. The quantitative estimate of drug-likeness (QED) is 0.724.